The Balaban J connectivity index is 4.51. The van der Waals surface area contributed by atoms with Gasteiger partial charge in [0.1, 0.15) is 0 Å². The van der Waals surface area contributed by atoms with Gasteiger partial charge in [-0.3, -0.25) is 0 Å². The van der Waals surface area contributed by atoms with E-state index in [0.717, 1.165) is 6.92 Å². The highest BCUT2D eigenvalue weighted by Gasteiger charge is 2.48. The zero-order chi connectivity index (χ0) is 12.5. The second-order valence-electron chi connectivity index (χ2n) is 3.79. The van der Waals surface area contributed by atoms with Crippen molar-refractivity contribution in [1.82, 2.24) is 0 Å². The lowest BCUT2D eigenvalue weighted by atomic mass is 10.2. The lowest BCUT2D eigenvalue weighted by Gasteiger charge is -2.24. The first-order valence-electron chi connectivity index (χ1n) is 4.02. The molecule has 92 valence electrons. The number of hydrogen-bond donors (Lipinski definition) is 0. The fourth-order valence-corrected chi connectivity index (χ4v) is 1.26. The van der Waals surface area contributed by atoms with Crippen LogP contribution in [0.25, 0.3) is 0 Å². The van der Waals surface area contributed by atoms with E-state index >= 15 is 0 Å². The number of hydrogen-bond acceptors (Lipinski definition) is 4. The second kappa shape index (κ2) is 4.26. The van der Waals surface area contributed by atoms with E-state index in [-0.39, 0.29) is 0 Å². The summed E-state index contributed by atoms with van der Waals surface area (Å²) in [6, 6.07) is 0. The molecular formula is C7H13F3O4S. The molecule has 0 aromatic carbocycles. The Morgan fingerprint density at radius 1 is 1.13 bits per heavy atom. The Morgan fingerprint density at radius 3 is 1.80 bits per heavy atom. The molecule has 0 aliphatic carbocycles. The highest BCUT2D eigenvalue weighted by molar-refractivity contribution is 7.87. The smallest absolute Gasteiger partial charge is 0.346 e. The summed E-state index contributed by atoms with van der Waals surface area (Å²) in [5, 5.41) is 0. The average Bonchev–Trinajstić information content (AvgIpc) is 1.75. The first-order chi connectivity index (χ1) is 6.35. The van der Waals surface area contributed by atoms with E-state index in [9.17, 15) is 21.6 Å². The third kappa shape index (κ3) is 5.33. The van der Waals surface area contributed by atoms with Crippen LogP contribution in [0.2, 0.25) is 0 Å². The summed E-state index contributed by atoms with van der Waals surface area (Å²) in [5.74, 6) is 0. The Kier molecular flexibility index (Phi) is 4.17. The minimum Gasteiger partial charge on any atom is -0.346 e. The van der Waals surface area contributed by atoms with Crippen molar-refractivity contribution in [3.8, 4) is 0 Å². The van der Waals surface area contributed by atoms with E-state index in [2.05, 4.69) is 4.18 Å². The molecule has 0 bridgehead atoms. The van der Waals surface area contributed by atoms with E-state index in [1.54, 1.807) is 20.8 Å². The number of alkyl halides is 3. The zero-order valence-electron chi connectivity index (χ0n) is 8.75. The topological polar surface area (TPSA) is 52.6 Å². The average molecular weight is 250 g/mol. The van der Waals surface area contributed by atoms with Gasteiger partial charge in [0.25, 0.3) is 0 Å². The SMILES string of the molecule is CC(OC(C)(C)C)OS(=O)(=O)C(F)(F)F. The maximum Gasteiger partial charge on any atom is 0.523 e. The molecule has 15 heavy (non-hydrogen) atoms. The van der Waals surface area contributed by atoms with Gasteiger partial charge >= 0.3 is 15.6 Å². The van der Waals surface area contributed by atoms with Crippen LogP contribution < -0.4 is 0 Å². The Labute approximate surface area is 86.5 Å². The molecule has 0 fully saturated rings. The quantitative estimate of drug-likeness (QED) is 0.437. The van der Waals surface area contributed by atoms with Crippen molar-refractivity contribution in [2.75, 3.05) is 0 Å². The first-order valence-corrected chi connectivity index (χ1v) is 5.43. The number of rotatable bonds is 3. The molecular weight excluding hydrogens is 237 g/mol. The highest BCUT2D eigenvalue weighted by atomic mass is 32.2. The van der Waals surface area contributed by atoms with Crippen molar-refractivity contribution in [3.63, 3.8) is 0 Å². The lowest BCUT2D eigenvalue weighted by molar-refractivity contribution is -0.148. The van der Waals surface area contributed by atoms with Crippen molar-refractivity contribution in [3.05, 3.63) is 0 Å². The summed E-state index contributed by atoms with van der Waals surface area (Å²) >= 11 is 0. The molecule has 0 aromatic heterocycles. The Bertz CT molecular complexity index is 301. The molecule has 0 amide bonds. The van der Waals surface area contributed by atoms with E-state index in [4.69, 9.17) is 4.74 Å². The maximum absolute atomic E-state index is 11.9. The van der Waals surface area contributed by atoms with Crippen LogP contribution in [0.15, 0.2) is 0 Å². The van der Waals surface area contributed by atoms with Crippen LogP contribution in [-0.2, 0) is 19.0 Å². The summed E-state index contributed by atoms with van der Waals surface area (Å²) in [6.07, 6.45) is -1.49. The minimum absolute atomic E-state index is 0.791. The normalized spacial score (nSPS) is 16.5. The first kappa shape index (κ1) is 14.7. The monoisotopic (exact) mass is 250 g/mol. The standard InChI is InChI=1S/C7H13F3O4S/c1-5(13-6(2,3)4)14-15(11,12)7(8,9)10/h5H,1-4H3. The third-order valence-electron chi connectivity index (χ3n) is 1.07. The summed E-state index contributed by atoms with van der Waals surface area (Å²) in [5.41, 5.74) is -6.22. The van der Waals surface area contributed by atoms with Crippen LogP contribution in [0, 0.1) is 0 Å². The minimum atomic E-state index is -5.59. The summed E-state index contributed by atoms with van der Waals surface area (Å²) in [6.45, 7) is 5.77. The van der Waals surface area contributed by atoms with Gasteiger partial charge in [-0.1, -0.05) is 0 Å². The molecule has 1 atom stereocenters. The molecule has 0 aromatic rings. The van der Waals surface area contributed by atoms with Crippen LogP contribution in [-0.4, -0.2) is 25.8 Å². The fraction of sp³-hybridized carbons (Fsp3) is 1.00. The molecule has 0 aliphatic heterocycles. The maximum atomic E-state index is 11.9. The van der Waals surface area contributed by atoms with Crippen molar-refractivity contribution in [2.45, 2.75) is 45.1 Å². The molecule has 0 spiro atoms. The van der Waals surface area contributed by atoms with Crippen LogP contribution in [0.5, 0.6) is 0 Å². The van der Waals surface area contributed by atoms with Crippen molar-refractivity contribution in [1.29, 1.82) is 0 Å². The van der Waals surface area contributed by atoms with Gasteiger partial charge < -0.3 is 4.74 Å². The van der Waals surface area contributed by atoms with E-state index < -0.39 is 27.5 Å². The van der Waals surface area contributed by atoms with Crippen LogP contribution >= 0.6 is 0 Å². The van der Waals surface area contributed by atoms with Gasteiger partial charge in [0.2, 0.25) is 0 Å². The molecule has 0 radical (unpaired) electrons. The number of halogens is 3. The van der Waals surface area contributed by atoms with Crippen molar-refractivity contribution in [2.24, 2.45) is 0 Å². The van der Waals surface area contributed by atoms with E-state index in [0.29, 0.717) is 0 Å². The van der Waals surface area contributed by atoms with Gasteiger partial charge in [0.05, 0.1) is 5.60 Å². The predicted molar refractivity (Wildman–Crippen MR) is 46.4 cm³/mol. The van der Waals surface area contributed by atoms with E-state index in [1.165, 1.54) is 0 Å². The Morgan fingerprint density at radius 2 is 1.53 bits per heavy atom. The molecule has 0 N–H and O–H groups in total. The molecule has 0 saturated heterocycles. The largest absolute Gasteiger partial charge is 0.523 e. The molecule has 0 rings (SSSR count). The zero-order valence-corrected chi connectivity index (χ0v) is 9.57. The van der Waals surface area contributed by atoms with Crippen LogP contribution in [0.4, 0.5) is 13.2 Å². The molecule has 1 unspecified atom stereocenters. The lowest BCUT2D eigenvalue weighted by Crippen LogP contribution is -2.34. The Hall–Kier alpha value is -0.340. The number of ether oxygens (including phenoxy) is 1. The van der Waals surface area contributed by atoms with Gasteiger partial charge in [-0.25, -0.2) is 4.18 Å². The molecule has 0 aliphatic rings. The van der Waals surface area contributed by atoms with Gasteiger partial charge in [0, 0.05) is 0 Å². The van der Waals surface area contributed by atoms with Crippen molar-refractivity contribution >= 4 is 10.1 Å². The van der Waals surface area contributed by atoms with E-state index in [1.807, 2.05) is 0 Å². The summed E-state index contributed by atoms with van der Waals surface area (Å²) in [4.78, 5) is 0. The molecule has 8 heteroatoms. The highest BCUT2D eigenvalue weighted by Crippen LogP contribution is 2.26. The summed E-state index contributed by atoms with van der Waals surface area (Å²) in [7, 11) is -5.59. The third-order valence-corrected chi connectivity index (χ3v) is 2.16. The van der Waals surface area contributed by atoms with Gasteiger partial charge in [-0.15, -0.1) is 0 Å². The van der Waals surface area contributed by atoms with Crippen LogP contribution in [0.1, 0.15) is 27.7 Å². The molecule has 4 nitrogen and oxygen atoms in total. The molecule has 0 saturated carbocycles. The van der Waals surface area contributed by atoms with Gasteiger partial charge in [-0.05, 0) is 27.7 Å². The van der Waals surface area contributed by atoms with Gasteiger partial charge in [-0.2, -0.15) is 21.6 Å². The molecule has 0 heterocycles. The second-order valence-corrected chi connectivity index (χ2v) is 5.36. The predicted octanol–water partition coefficient (Wildman–Crippen LogP) is 2.01. The fourth-order valence-electron chi connectivity index (χ4n) is 0.750. The van der Waals surface area contributed by atoms with Crippen molar-refractivity contribution < 1.29 is 30.5 Å². The summed E-state index contributed by atoms with van der Waals surface area (Å²) < 4.78 is 65.3. The van der Waals surface area contributed by atoms with Crippen LogP contribution in [0.3, 0.4) is 0 Å². The van der Waals surface area contributed by atoms with Gasteiger partial charge in [0.15, 0.2) is 6.29 Å².